The minimum absolute atomic E-state index is 0.343. The Bertz CT molecular complexity index is 3000. The summed E-state index contributed by atoms with van der Waals surface area (Å²) in [5.74, 6) is 2.88. The molecule has 0 saturated carbocycles. The van der Waals surface area contributed by atoms with Crippen LogP contribution in [0.3, 0.4) is 0 Å². The number of rotatable bonds is 6. The molecule has 12 heterocycles. The summed E-state index contributed by atoms with van der Waals surface area (Å²) in [5.41, 5.74) is 18.2. The van der Waals surface area contributed by atoms with Gasteiger partial charge in [0.1, 0.15) is 24.3 Å². The maximum atomic E-state index is 5.23. The lowest BCUT2D eigenvalue weighted by Crippen LogP contribution is -2.59. The SMILES string of the molecule is Cc1c(-c2[nH]c3ccc(N4CC5CCC(C4)N5)nc3c2C(C)C)cn2ncnc2c1C.Cc1c(-c2[nH]c3ccc(N4C[C@H]5CCC[C@@H](C4)N5)nc3c2C(C)C)cn2ncnc2c1C. The van der Waals surface area contributed by atoms with Crippen LogP contribution >= 0.6 is 0 Å². The van der Waals surface area contributed by atoms with E-state index in [1.807, 2.05) is 9.03 Å². The van der Waals surface area contributed by atoms with Gasteiger partial charge in [0, 0.05) is 85.0 Å². The molecule has 326 valence electrons. The highest BCUT2D eigenvalue weighted by molar-refractivity contribution is 5.92. The number of aromatic amines is 2. The van der Waals surface area contributed by atoms with Crippen LogP contribution in [0.1, 0.15) is 105 Å². The standard InChI is InChI=1S/C25H31N7.C24H29N7/c1-14(2)22-23(19-12-32-25(26-13-27-32)16(4)15(19)3)29-20-8-9-21(30-24(20)22)31-10-17-6-5-7-18(11-31)28-17;1-13(2)21-22(18-11-31-24(25-12-26-31)15(4)14(18)3)28-19-7-8-20(29-23(19)21)30-9-16-5-6-17(10-30)27-16/h8-9,12-14,17-18,28-29H,5-7,10-11H2,1-4H3;7-8,11-13,16-17,27-28H,5-6,9-10H2,1-4H3/t17-,18+;. The van der Waals surface area contributed by atoms with Gasteiger partial charge in [-0.1, -0.05) is 34.1 Å². The molecule has 4 bridgehead atoms. The highest BCUT2D eigenvalue weighted by Gasteiger charge is 2.34. The van der Waals surface area contributed by atoms with Gasteiger partial charge >= 0.3 is 0 Å². The normalized spacial score (nSPS) is 21.2. The minimum atomic E-state index is 0.343. The number of piperazine rings is 2. The molecule has 8 aromatic rings. The van der Waals surface area contributed by atoms with E-state index in [2.05, 4.69) is 143 Å². The average molecular weight is 845 g/mol. The van der Waals surface area contributed by atoms with Crippen molar-refractivity contribution in [3.05, 3.63) is 82.7 Å². The number of aromatic nitrogens is 10. The van der Waals surface area contributed by atoms with Gasteiger partial charge in [-0.05, 0) is 112 Å². The first-order valence-corrected chi connectivity index (χ1v) is 23.2. The van der Waals surface area contributed by atoms with E-state index in [-0.39, 0.29) is 0 Å². The largest absolute Gasteiger partial charge is 0.353 e. The van der Waals surface area contributed by atoms with Gasteiger partial charge in [-0.25, -0.2) is 29.0 Å². The number of nitrogens with one attached hydrogen (secondary N) is 4. The predicted molar refractivity (Wildman–Crippen MR) is 252 cm³/mol. The maximum Gasteiger partial charge on any atom is 0.158 e. The molecule has 4 fully saturated rings. The lowest BCUT2D eigenvalue weighted by molar-refractivity contribution is 0.282. The molecule has 0 aromatic carbocycles. The quantitative estimate of drug-likeness (QED) is 0.129. The number of aryl methyl sites for hydroxylation is 2. The lowest BCUT2D eigenvalue weighted by atomic mass is 9.94. The van der Waals surface area contributed by atoms with Crippen molar-refractivity contribution in [1.29, 1.82) is 0 Å². The molecular weight excluding hydrogens is 785 g/mol. The first kappa shape index (κ1) is 40.0. The number of piperidine rings is 1. The van der Waals surface area contributed by atoms with E-state index in [1.165, 1.54) is 65.5 Å². The second kappa shape index (κ2) is 15.4. The molecule has 2 unspecified atom stereocenters. The fourth-order valence-corrected chi connectivity index (χ4v) is 11.1. The number of hydrogen-bond acceptors (Lipinski definition) is 10. The second-order valence-corrected chi connectivity index (χ2v) is 19.3. The van der Waals surface area contributed by atoms with Gasteiger partial charge in [0.2, 0.25) is 0 Å². The Morgan fingerprint density at radius 1 is 0.540 bits per heavy atom. The van der Waals surface area contributed by atoms with E-state index in [1.54, 1.807) is 12.7 Å². The molecule has 4 atom stereocenters. The number of hydrogen-bond donors (Lipinski definition) is 4. The summed E-state index contributed by atoms with van der Waals surface area (Å²) < 4.78 is 3.76. The molecule has 4 aliphatic rings. The van der Waals surface area contributed by atoms with Crippen LogP contribution < -0.4 is 20.4 Å². The smallest absolute Gasteiger partial charge is 0.158 e. The van der Waals surface area contributed by atoms with E-state index < -0.39 is 0 Å². The topological polar surface area (TPSA) is 148 Å². The first-order chi connectivity index (χ1) is 30.5. The van der Waals surface area contributed by atoms with Gasteiger partial charge in [0.25, 0.3) is 0 Å². The fraction of sp³-hybridized carbons (Fsp3) is 0.469. The van der Waals surface area contributed by atoms with Crippen LogP contribution in [-0.4, -0.2) is 99.5 Å². The number of H-pyrrole nitrogens is 2. The van der Waals surface area contributed by atoms with E-state index in [9.17, 15) is 0 Å². The molecule has 0 aliphatic carbocycles. The minimum Gasteiger partial charge on any atom is -0.353 e. The molecule has 4 aliphatic heterocycles. The fourth-order valence-electron chi connectivity index (χ4n) is 11.1. The van der Waals surface area contributed by atoms with Crippen molar-refractivity contribution < 1.29 is 0 Å². The van der Waals surface area contributed by atoms with Crippen LogP contribution in [0.25, 0.3) is 55.9 Å². The molecule has 12 rings (SSSR count). The predicted octanol–water partition coefficient (Wildman–Crippen LogP) is 8.30. The third-order valence-electron chi connectivity index (χ3n) is 14.6. The van der Waals surface area contributed by atoms with Crippen molar-refractivity contribution in [2.45, 2.75) is 123 Å². The van der Waals surface area contributed by atoms with Crippen molar-refractivity contribution in [2.24, 2.45) is 0 Å². The molecule has 14 heteroatoms. The van der Waals surface area contributed by atoms with Crippen molar-refractivity contribution >= 4 is 45.0 Å². The third kappa shape index (κ3) is 6.84. The molecule has 14 nitrogen and oxygen atoms in total. The monoisotopic (exact) mass is 845 g/mol. The number of anilines is 2. The van der Waals surface area contributed by atoms with Crippen LogP contribution in [0.4, 0.5) is 11.6 Å². The molecule has 4 saturated heterocycles. The Morgan fingerprint density at radius 2 is 0.952 bits per heavy atom. The first-order valence-electron chi connectivity index (χ1n) is 23.2. The summed E-state index contributed by atoms with van der Waals surface area (Å²) >= 11 is 0. The average Bonchev–Trinajstić information content (AvgIpc) is 4.12. The second-order valence-electron chi connectivity index (χ2n) is 19.3. The van der Waals surface area contributed by atoms with Crippen LogP contribution in [0.15, 0.2) is 49.3 Å². The molecule has 63 heavy (non-hydrogen) atoms. The molecule has 0 spiro atoms. The third-order valence-corrected chi connectivity index (χ3v) is 14.6. The summed E-state index contributed by atoms with van der Waals surface area (Å²) in [5, 5.41) is 16.3. The van der Waals surface area contributed by atoms with Crippen LogP contribution in [0.5, 0.6) is 0 Å². The van der Waals surface area contributed by atoms with E-state index in [0.717, 1.165) is 93.7 Å². The van der Waals surface area contributed by atoms with Crippen molar-refractivity contribution in [3.8, 4) is 22.5 Å². The highest BCUT2D eigenvalue weighted by atomic mass is 15.3. The summed E-state index contributed by atoms with van der Waals surface area (Å²) in [6.07, 6.45) is 13.9. The Kier molecular flexibility index (Phi) is 9.79. The Labute approximate surface area is 368 Å². The van der Waals surface area contributed by atoms with E-state index >= 15 is 0 Å². The maximum absolute atomic E-state index is 5.23. The van der Waals surface area contributed by atoms with Gasteiger partial charge in [-0.3, -0.25) is 0 Å². The zero-order valence-corrected chi connectivity index (χ0v) is 37.9. The van der Waals surface area contributed by atoms with Gasteiger partial charge in [0.05, 0.1) is 33.5 Å². The van der Waals surface area contributed by atoms with Crippen LogP contribution in [0.2, 0.25) is 0 Å². The van der Waals surface area contributed by atoms with E-state index in [4.69, 9.17) is 9.97 Å². The van der Waals surface area contributed by atoms with Gasteiger partial charge < -0.3 is 30.4 Å². The van der Waals surface area contributed by atoms with Crippen molar-refractivity contribution in [3.63, 3.8) is 0 Å². The van der Waals surface area contributed by atoms with Gasteiger partial charge in [0.15, 0.2) is 11.3 Å². The van der Waals surface area contributed by atoms with Crippen molar-refractivity contribution in [2.75, 3.05) is 36.0 Å². The summed E-state index contributed by atoms with van der Waals surface area (Å²) in [7, 11) is 0. The van der Waals surface area contributed by atoms with Crippen molar-refractivity contribution in [1.82, 2.24) is 59.8 Å². The van der Waals surface area contributed by atoms with Crippen LogP contribution in [-0.2, 0) is 0 Å². The van der Waals surface area contributed by atoms with E-state index in [0.29, 0.717) is 36.0 Å². The van der Waals surface area contributed by atoms with Crippen LogP contribution in [0, 0.1) is 27.7 Å². The van der Waals surface area contributed by atoms with Gasteiger partial charge in [-0.2, -0.15) is 10.2 Å². The molecule has 0 amide bonds. The zero-order chi connectivity index (χ0) is 43.3. The number of pyridine rings is 4. The molecule has 4 N–H and O–H groups in total. The lowest BCUT2D eigenvalue weighted by Gasteiger charge is -2.43. The molecule has 0 radical (unpaired) electrons. The summed E-state index contributed by atoms with van der Waals surface area (Å²) in [6.45, 7) is 21.8. The Morgan fingerprint density at radius 3 is 1.37 bits per heavy atom. The summed E-state index contributed by atoms with van der Waals surface area (Å²) in [6, 6.07) is 11.2. The Hall–Kier alpha value is -5.86. The zero-order valence-electron chi connectivity index (χ0n) is 37.9. The Balaban J connectivity index is 0.000000141. The molecule has 8 aromatic heterocycles. The summed E-state index contributed by atoms with van der Waals surface area (Å²) in [4.78, 5) is 31.6. The van der Waals surface area contributed by atoms with Gasteiger partial charge in [-0.15, -0.1) is 0 Å². The number of fused-ring (bicyclic) bond motifs is 8. The molecular formula is C49H60N14. The highest BCUT2D eigenvalue weighted by Crippen LogP contribution is 2.40. The number of nitrogens with zero attached hydrogens (tertiary/aromatic N) is 10.